The lowest BCUT2D eigenvalue weighted by Crippen LogP contribution is -2.47. The fourth-order valence-electron chi connectivity index (χ4n) is 1.60. The number of ether oxygens (including phenoxy) is 1. The number of carbonyl (C=O) groups excluding carboxylic acids is 1. The molecule has 1 rings (SSSR count). The maximum absolute atomic E-state index is 10.9. The molecule has 5 nitrogen and oxygen atoms in total. The number of carboxylic acids is 1. The predicted molar refractivity (Wildman–Crippen MR) is 48.8 cm³/mol. The summed E-state index contributed by atoms with van der Waals surface area (Å²) >= 11 is 0. The number of aliphatic carboxylic acids is 1. The molecule has 80 valence electrons. The Morgan fingerprint density at radius 3 is 2.64 bits per heavy atom. The minimum Gasteiger partial charge on any atom is -0.474 e. The molecule has 5 heteroatoms. The highest BCUT2D eigenvalue weighted by Crippen LogP contribution is 2.23. The van der Waals surface area contributed by atoms with Gasteiger partial charge < -0.3 is 15.2 Å². The average molecular weight is 201 g/mol. The lowest BCUT2D eigenvalue weighted by atomic mass is 9.94. The molecule has 0 saturated carbocycles. The van der Waals surface area contributed by atoms with Gasteiger partial charge in [0, 0.05) is 12.6 Å². The maximum Gasteiger partial charge on any atom is 0.394 e. The van der Waals surface area contributed by atoms with E-state index in [1.165, 1.54) is 0 Å². The van der Waals surface area contributed by atoms with Crippen LogP contribution in [0.2, 0.25) is 0 Å². The molecule has 1 amide bonds. The van der Waals surface area contributed by atoms with Crippen molar-refractivity contribution in [3.63, 3.8) is 0 Å². The van der Waals surface area contributed by atoms with E-state index >= 15 is 0 Å². The zero-order valence-corrected chi connectivity index (χ0v) is 8.37. The highest BCUT2D eigenvalue weighted by atomic mass is 16.5. The fraction of sp³-hybridized carbons (Fsp3) is 0.778. The third kappa shape index (κ3) is 2.99. The van der Waals surface area contributed by atoms with Crippen LogP contribution in [0.5, 0.6) is 0 Å². The Hall–Kier alpha value is -1.10. The largest absolute Gasteiger partial charge is 0.474 e. The Morgan fingerprint density at radius 1 is 1.50 bits per heavy atom. The van der Waals surface area contributed by atoms with Crippen molar-refractivity contribution in [1.29, 1.82) is 0 Å². The molecule has 0 bridgehead atoms. The molecule has 0 aromatic rings. The molecule has 1 heterocycles. The number of amides is 1. The van der Waals surface area contributed by atoms with E-state index in [-0.39, 0.29) is 11.6 Å². The summed E-state index contributed by atoms with van der Waals surface area (Å²) in [6, 6.07) is -0.0950. The molecule has 0 aliphatic carbocycles. The van der Waals surface area contributed by atoms with Crippen LogP contribution in [0.15, 0.2) is 0 Å². The van der Waals surface area contributed by atoms with Gasteiger partial charge in [-0.05, 0) is 26.7 Å². The third-order valence-corrected chi connectivity index (χ3v) is 2.23. The minimum absolute atomic E-state index is 0.0950. The minimum atomic E-state index is -1.44. The molecule has 1 atom stereocenters. The van der Waals surface area contributed by atoms with Crippen molar-refractivity contribution in [3.05, 3.63) is 0 Å². The Morgan fingerprint density at radius 2 is 2.14 bits per heavy atom. The van der Waals surface area contributed by atoms with E-state index in [1.54, 1.807) is 0 Å². The summed E-state index contributed by atoms with van der Waals surface area (Å²) in [6.07, 6.45) is 1.31. The van der Waals surface area contributed by atoms with Gasteiger partial charge in [0.1, 0.15) is 0 Å². The van der Waals surface area contributed by atoms with E-state index in [4.69, 9.17) is 9.84 Å². The van der Waals surface area contributed by atoms with Crippen LogP contribution in [0.1, 0.15) is 26.7 Å². The van der Waals surface area contributed by atoms with Crippen LogP contribution in [0.4, 0.5) is 0 Å². The van der Waals surface area contributed by atoms with Crippen LogP contribution in [0.25, 0.3) is 0 Å². The summed E-state index contributed by atoms with van der Waals surface area (Å²) in [5.74, 6) is -2.37. The van der Waals surface area contributed by atoms with Crippen molar-refractivity contribution in [2.45, 2.75) is 38.3 Å². The van der Waals surface area contributed by atoms with Crippen LogP contribution in [-0.2, 0) is 14.3 Å². The first-order chi connectivity index (χ1) is 6.41. The van der Waals surface area contributed by atoms with Crippen molar-refractivity contribution in [2.75, 3.05) is 6.61 Å². The normalized spacial score (nSPS) is 25.4. The molecular formula is C9H15NO4. The summed E-state index contributed by atoms with van der Waals surface area (Å²) in [4.78, 5) is 21.2. The number of nitrogens with one attached hydrogen (secondary N) is 1. The quantitative estimate of drug-likeness (QED) is 0.592. The van der Waals surface area contributed by atoms with E-state index in [0.717, 1.165) is 0 Å². The second kappa shape index (κ2) is 3.96. The predicted octanol–water partition coefficient (Wildman–Crippen LogP) is 0.145. The molecule has 0 spiro atoms. The Balaban J connectivity index is 2.46. The second-order valence-corrected chi connectivity index (χ2v) is 4.08. The number of carboxylic acid groups (broad SMARTS) is 1. The molecule has 1 fully saturated rings. The molecule has 1 aliphatic rings. The summed E-state index contributed by atoms with van der Waals surface area (Å²) in [5, 5.41) is 10.9. The smallest absolute Gasteiger partial charge is 0.394 e. The van der Waals surface area contributed by atoms with Crippen molar-refractivity contribution in [1.82, 2.24) is 5.32 Å². The molecule has 0 aromatic heterocycles. The molecule has 0 radical (unpaired) electrons. The van der Waals surface area contributed by atoms with Gasteiger partial charge in [0.25, 0.3) is 0 Å². The van der Waals surface area contributed by atoms with Gasteiger partial charge in [-0.2, -0.15) is 0 Å². The highest BCUT2D eigenvalue weighted by molar-refractivity contribution is 6.31. The molecule has 0 aromatic carbocycles. The Kier molecular flexibility index (Phi) is 3.10. The van der Waals surface area contributed by atoms with Gasteiger partial charge in [-0.3, -0.25) is 4.79 Å². The van der Waals surface area contributed by atoms with E-state index in [2.05, 4.69) is 5.32 Å². The van der Waals surface area contributed by atoms with Gasteiger partial charge in [-0.15, -0.1) is 0 Å². The van der Waals surface area contributed by atoms with Crippen molar-refractivity contribution < 1.29 is 19.4 Å². The number of rotatable bonds is 1. The molecular weight excluding hydrogens is 186 g/mol. The van der Waals surface area contributed by atoms with E-state index in [1.807, 2.05) is 13.8 Å². The lowest BCUT2D eigenvalue weighted by Gasteiger charge is -2.35. The monoisotopic (exact) mass is 201 g/mol. The van der Waals surface area contributed by atoms with E-state index in [9.17, 15) is 9.59 Å². The molecule has 2 N–H and O–H groups in total. The molecule has 14 heavy (non-hydrogen) atoms. The Bertz CT molecular complexity index is 249. The van der Waals surface area contributed by atoms with Gasteiger partial charge in [-0.1, -0.05) is 0 Å². The first-order valence-electron chi connectivity index (χ1n) is 4.58. The van der Waals surface area contributed by atoms with Crippen LogP contribution < -0.4 is 5.32 Å². The number of carbonyl (C=O) groups is 2. The van der Waals surface area contributed by atoms with Crippen molar-refractivity contribution in [2.24, 2.45) is 0 Å². The van der Waals surface area contributed by atoms with E-state index < -0.39 is 11.9 Å². The van der Waals surface area contributed by atoms with Crippen LogP contribution in [0, 0.1) is 0 Å². The highest BCUT2D eigenvalue weighted by Gasteiger charge is 2.30. The number of hydrogen-bond donors (Lipinski definition) is 2. The van der Waals surface area contributed by atoms with Gasteiger partial charge in [-0.25, -0.2) is 4.79 Å². The van der Waals surface area contributed by atoms with Crippen LogP contribution >= 0.6 is 0 Å². The van der Waals surface area contributed by atoms with Crippen molar-refractivity contribution in [3.8, 4) is 0 Å². The van der Waals surface area contributed by atoms with E-state index in [0.29, 0.717) is 19.4 Å². The second-order valence-electron chi connectivity index (χ2n) is 4.08. The van der Waals surface area contributed by atoms with Gasteiger partial charge in [0.05, 0.1) is 5.60 Å². The summed E-state index contributed by atoms with van der Waals surface area (Å²) in [5.41, 5.74) is -0.283. The maximum atomic E-state index is 10.9. The molecule has 1 saturated heterocycles. The third-order valence-electron chi connectivity index (χ3n) is 2.23. The zero-order valence-electron chi connectivity index (χ0n) is 8.37. The summed E-state index contributed by atoms with van der Waals surface area (Å²) < 4.78 is 5.44. The first-order valence-corrected chi connectivity index (χ1v) is 4.58. The SMILES string of the molecule is CC1(C)CC(NC(=O)C(=O)O)CCO1. The van der Waals surface area contributed by atoms with Gasteiger partial charge >= 0.3 is 11.9 Å². The molecule has 1 aliphatic heterocycles. The summed E-state index contributed by atoms with van der Waals surface area (Å²) in [6.45, 7) is 4.40. The van der Waals surface area contributed by atoms with Crippen LogP contribution in [0.3, 0.4) is 0 Å². The lowest BCUT2D eigenvalue weighted by molar-refractivity contribution is -0.151. The van der Waals surface area contributed by atoms with Crippen molar-refractivity contribution >= 4 is 11.9 Å². The first kappa shape index (κ1) is 11.0. The standard InChI is InChI=1S/C9H15NO4/c1-9(2)5-6(3-4-14-9)10-7(11)8(12)13/h6H,3-5H2,1-2H3,(H,10,11)(H,12,13). The van der Waals surface area contributed by atoms with Gasteiger partial charge in [0.2, 0.25) is 0 Å². The average Bonchev–Trinajstić information content (AvgIpc) is 2.01. The Labute approximate surface area is 82.4 Å². The number of hydrogen-bond acceptors (Lipinski definition) is 3. The molecule has 1 unspecified atom stereocenters. The van der Waals surface area contributed by atoms with Crippen LogP contribution in [-0.4, -0.2) is 35.2 Å². The fourth-order valence-corrected chi connectivity index (χ4v) is 1.60. The summed E-state index contributed by atoms with van der Waals surface area (Å²) in [7, 11) is 0. The zero-order chi connectivity index (χ0) is 10.8. The van der Waals surface area contributed by atoms with Gasteiger partial charge in [0.15, 0.2) is 0 Å². The topological polar surface area (TPSA) is 75.6 Å².